The van der Waals surface area contributed by atoms with Crippen LogP contribution in [0.1, 0.15) is 37.4 Å². The van der Waals surface area contributed by atoms with Crippen molar-refractivity contribution < 1.29 is 19.2 Å². The Morgan fingerprint density at radius 1 is 1.00 bits per heavy atom. The molecule has 0 unspecified atom stereocenters. The molecule has 0 radical (unpaired) electrons. The minimum Gasteiger partial charge on any atom is -0.465 e. The van der Waals surface area contributed by atoms with Crippen molar-refractivity contribution in [2.24, 2.45) is 0 Å². The molecule has 0 saturated heterocycles. The van der Waals surface area contributed by atoms with Gasteiger partial charge in [-0.1, -0.05) is 12.1 Å². The Balaban J connectivity index is 2.45. The third-order valence-electron chi connectivity index (χ3n) is 3.57. The van der Waals surface area contributed by atoms with Crippen molar-refractivity contribution >= 4 is 17.4 Å². The molecule has 2 rings (SSSR count). The number of ether oxygens (including phenoxy) is 1. The third-order valence-corrected chi connectivity index (χ3v) is 3.57. The first-order valence-electron chi connectivity index (χ1n) is 6.84. The van der Waals surface area contributed by atoms with Crippen molar-refractivity contribution in [1.82, 2.24) is 0 Å². The molecule has 0 atom stereocenters. The Labute approximate surface area is 132 Å². The number of aryl methyl sites for hydroxylation is 2. The molecule has 0 bridgehead atoms. The lowest BCUT2D eigenvalue weighted by molar-refractivity contribution is -0.384. The van der Waals surface area contributed by atoms with Gasteiger partial charge in [0.25, 0.3) is 5.69 Å². The van der Waals surface area contributed by atoms with E-state index in [4.69, 9.17) is 4.74 Å². The van der Waals surface area contributed by atoms with Gasteiger partial charge in [0.2, 0.25) is 0 Å². The number of rotatable bonds is 4. The molecule has 0 aliphatic carbocycles. The van der Waals surface area contributed by atoms with E-state index in [1.54, 1.807) is 26.0 Å². The molecule has 2 aromatic carbocycles. The first-order valence-corrected chi connectivity index (χ1v) is 6.84. The van der Waals surface area contributed by atoms with E-state index in [1.165, 1.54) is 31.4 Å². The summed E-state index contributed by atoms with van der Waals surface area (Å²) in [7, 11) is 1.27. The van der Waals surface area contributed by atoms with Crippen LogP contribution in [0.2, 0.25) is 0 Å². The summed E-state index contributed by atoms with van der Waals surface area (Å²) in [4.78, 5) is 34.6. The van der Waals surface area contributed by atoms with Crippen LogP contribution >= 0.6 is 0 Å². The number of esters is 1. The minimum atomic E-state index is -0.516. The van der Waals surface area contributed by atoms with Gasteiger partial charge in [-0.3, -0.25) is 14.9 Å². The zero-order valence-electron chi connectivity index (χ0n) is 13.0. The summed E-state index contributed by atoms with van der Waals surface area (Å²) < 4.78 is 4.70. The number of nitro benzene ring substituents is 1. The summed E-state index contributed by atoms with van der Waals surface area (Å²) in [6.45, 7) is 3.38. The number of ketones is 1. The lowest BCUT2D eigenvalue weighted by Gasteiger charge is -2.08. The molecule has 6 nitrogen and oxygen atoms in total. The molecule has 0 aliphatic heterocycles. The molecule has 0 aliphatic rings. The molecule has 0 amide bonds. The smallest absolute Gasteiger partial charge is 0.338 e. The third kappa shape index (κ3) is 3.26. The van der Waals surface area contributed by atoms with Crippen LogP contribution in [0, 0.1) is 24.0 Å². The van der Waals surface area contributed by atoms with Gasteiger partial charge in [-0.25, -0.2) is 4.79 Å². The molecule has 0 spiro atoms. The van der Waals surface area contributed by atoms with Crippen LogP contribution < -0.4 is 0 Å². The predicted octanol–water partition coefficient (Wildman–Crippen LogP) is 3.23. The molecule has 0 saturated carbocycles. The zero-order valence-corrected chi connectivity index (χ0v) is 13.0. The summed E-state index contributed by atoms with van der Waals surface area (Å²) in [5.74, 6) is -0.819. The van der Waals surface area contributed by atoms with Gasteiger partial charge in [-0.2, -0.15) is 0 Å². The van der Waals surface area contributed by atoms with E-state index in [-0.39, 0.29) is 11.5 Å². The highest BCUT2D eigenvalue weighted by atomic mass is 16.6. The molecular formula is C17H15NO5. The lowest BCUT2D eigenvalue weighted by Crippen LogP contribution is -2.09. The fourth-order valence-electron chi connectivity index (χ4n) is 2.26. The maximum atomic E-state index is 12.6. The van der Waals surface area contributed by atoms with Gasteiger partial charge >= 0.3 is 5.97 Å². The van der Waals surface area contributed by atoms with E-state index in [9.17, 15) is 19.7 Å². The molecule has 0 fully saturated rings. The van der Waals surface area contributed by atoms with Crippen molar-refractivity contribution in [3.05, 3.63) is 74.3 Å². The number of nitrogens with zero attached hydrogens (tertiary/aromatic N) is 1. The minimum absolute atomic E-state index is 0.0711. The number of hydrogen-bond acceptors (Lipinski definition) is 5. The van der Waals surface area contributed by atoms with Gasteiger partial charge < -0.3 is 4.74 Å². The lowest BCUT2D eigenvalue weighted by atomic mass is 9.96. The molecule has 2 aromatic rings. The van der Waals surface area contributed by atoms with Crippen molar-refractivity contribution in [2.75, 3.05) is 7.11 Å². The molecule has 0 heterocycles. The van der Waals surface area contributed by atoms with Crippen LogP contribution in [0.15, 0.2) is 36.4 Å². The molecule has 0 N–H and O–H groups in total. The van der Waals surface area contributed by atoms with Crippen molar-refractivity contribution in [3.63, 3.8) is 0 Å². The zero-order chi connectivity index (χ0) is 17.1. The number of hydrogen-bond donors (Lipinski definition) is 0. The SMILES string of the molecule is COC(=O)c1cc(C(=O)c2ccc([N+](=O)[O-])cc2C)ccc1C. The molecule has 6 heteroatoms. The van der Waals surface area contributed by atoms with Crippen LogP contribution in [0.4, 0.5) is 5.69 Å². The molecule has 0 aromatic heterocycles. The first-order chi connectivity index (χ1) is 10.8. The molecule has 23 heavy (non-hydrogen) atoms. The normalized spacial score (nSPS) is 10.2. The number of carbonyl (C=O) groups excluding carboxylic acids is 2. The van der Waals surface area contributed by atoms with E-state index in [1.807, 2.05) is 0 Å². The number of nitro groups is 1. The van der Waals surface area contributed by atoms with Crippen LogP contribution in [-0.4, -0.2) is 23.8 Å². The maximum absolute atomic E-state index is 12.6. The summed E-state index contributed by atoms with van der Waals surface area (Å²) in [5.41, 5.74) is 2.14. The van der Waals surface area contributed by atoms with Gasteiger partial charge in [0, 0.05) is 23.3 Å². The van der Waals surface area contributed by atoms with Gasteiger partial charge in [0.05, 0.1) is 17.6 Å². The van der Waals surface area contributed by atoms with E-state index in [0.717, 1.165) is 0 Å². The monoisotopic (exact) mass is 313 g/mol. The molecule has 118 valence electrons. The Morgan fingerprint density at radius 3 is 2.26 bits per heavy atom. The number of carbonyl (C=O) groups is 2. The average molecular weight is 313 g/mol. The van der Waals surface area contributed by atoms with Crippen molar-refractivity contribution in [2.45, 2.75) is 13.8 Å². The van der Waals surface area contributed by atoms with Gasteiger partial charge in [-0.15, -0.1) is 0 Å². The summed E-state index contributed by atoms with van der Waals surface area (Å²) in [6, 6.07) is 8.82. The van der Waals surface area contributed by atoms with E-state index < -0.39 is 10.9 Å². The number of benzene rings is 2. The van der Waals surface area contributed by atoms with E-state index in [0.29, 0.717) is 27.8 Å². The Bertz CT molecular complexity index is 811. The average Bonchev–Trinajstić information content (AvgIpc) is 2.53. The largest absolute Gasteiger partial charge is 0.465 e. The highest BCUT2D eigenvalue weighted by Gasteiger charge is 2.18. The topological polar surface area (TPSA) is 86.5 Å². The van der Waals surface area contributed by atoms with E-state index in [2.05, 4.69) is 0 Å². The van der Waals surface area contributed by atoms with Gasteiger partial charge in [0.1, 0.15) is 0 Å². The summed E-state index contributed by atoms with van der Waals surface area (Å²) in [6.07, 6.45) is 0. The highest BCUT2D eigenvalue weighted by Crippen LogP contribution is 2.21. The van der Waals surface area contributed by atoms with E-state index >= 15 is 0 Å². The maximum Gasteiger partial charge on any atom is 0.338 e. The van der Waals surface area contributed by atoms with Crippen molar-refractivity contribution in [1.29, 1.82) is 0 Å². The fraction of sp³-hybridized carbons (Fsp3) is 0.176. The second-order valence-electron chi connectivity index (χ2n) is 5.11. The van der Waals surface area contributed by atoms with Gasteiger partial charge in [0.15, 0.2) is 5.78 Å². The van der Waals surface area contributed by atoms with Crippen LogP contribution in [0.3, 0.4) is 0 Å². The summed E-state index contributed by atoms with van der Waals surface area (Å²) >= 11 is 0. The van der Waals surface area contributed by atoms with Gasteiger partial charge in [-0.05, 0) is 37.1 Å². The quantitative estimate of drug-likeness (QED) is 0.374. The van der Waals surface area contributed by atoms with Crippen LogP contribution in [0.5, 0.6) is 0 Å². The first kappa shape index (κ1) is 16.4. The number of methoxy groups -OCH3 is 1. The predicted molar refractivity (Wildman–Crippen MR) is 83.8 cm³/mol. The molecular weight excluding hydrogens is 298 g/mol. The van der Waals surface area contributed by atoms with Crippen LogP contribution in [-0.2, 0) is 4.74 Å². The highest BCUT2D eigenvalue weighted by molar-refractivity contribution is 6.11. The fourth-order valence-corrected chi connectivity index (χ4v) is 2.26. The second kappa shape index (κ2) is 6.39. The van der Waals surface area contributed by atoms with Crippen molar-refractivity contribution in [3.8, 4) is 0 Å². The Hall–Kier alpha value is -3.02. The second-order valence-corrected chi connectivity index (χ2v) is 5.11. The summed E-state index contributed by atoms with van der Waals surface area (Å²) in [5, 5.41) is 10.8. The Morgan fingerprint density at radius 2 is 1.70 bits per heavy atom. The number of non-ortho nitro benzene ring substituents is 1. The van der Waals surface area contributed by atoms with Crippen LogP contribution in [0.25, 0.3) is 0 Å². The standard InChI is InChI=1S/C17H15NO5/c1-10-4-5-12(9-15(10)17(20)23-3)16(19)14-7-6-13(18(21)22)8-11(14)2/h4-9H,1-3H3. The Kier molecular flexibility index (Phi) is 4.55.